The number of terminal acetylenes is 1. The van der Waals surface area contributed by atoms with Crippen LogP contribution in [0.1, 0.15) is 46.4 Å². The molecule has 224 valence electrons. The van der Waals surface area contributed by atoms with Gasteiger partial charge in [-0.25, -0.2) is 23.1 Å². The molecule has 2 N–H and O–H groups in total. The van der Waals surface area contributed by atoms with Crippen molar-refractivity contribution in [3.05, 3.63) is 52.2 Å². The number of hydrogen-bond acceptors (Lipinski definition) is 9. The van der Waals surface area contributed by atoms with Gasteiger partial charge in [0.05, 0.1) is 33.5 Å². The van der Waals surface area contributed by atoms with E-state index in [4.69, 9.17) is 11.2 Å². The number of aromatic nitrogens is 2. The molecule has 11 nitrogen and oxygen atoms in total. The molecule has 3 aromatic rings. The van der Waals surface area contributed by atoms with Gasteiger partial charge in [-0.05, 0) is 74.0 Å². The number of sulfonamides is 1. The second-order valence-electron chi connectivity index (χ2n) is 10.8. The molecule has 1 aromatic carbocycles. The van der Waals surface area contributed by atoms with Gasteiger partial charge in [-0.2, -0.15) is 0 Å². The number of fused-ring (bicyclic) bond motifs is 1. The van der Waals surface area contributed by atoms with Crippen LogP contribution in [0.2, 0.25) is 0 Å². The van der Waals surface area contributed by atoms with Crippen molar-refractivity contribution in [2.24, 2.45) is 5.92 Å². The first-order valence-corrected chi connectivity index (χ1v) is 16.5. The highest BCUT2D eigenvalue weighted by Gasteiger charge is 2.41. The summed E-state index contributed by atoms with van der Waals surface area (Å²) in [5, 5.41) is 4.05. The number of pyridine rings is 1. The van der Waals surface area contributed by atoms with E-state index in [0.717, 1.165) is 17.8 Å². The molecule has 1 saturated carbocycles. The third kappa shape index (κ3) is 5.75. The Morgan fingerprint density at radius 3 is 2.77 bits per heavy atom. The van der Waals surface area contributed by atoms with Gasteiger partial charge in [0.25, 0.3) is 11.8 Å². The maximum Gasteiger partial charge on any atom is 0.256 e. The van der Waals surface area contributed by atoms with E-state index in [1.807, 2.05) is 25.1 Å². The summed E-state index contributed by atoms with van der Waals surface area (Å²) in [5.41, 5.74) is 1.95. The normalized spacial score (nSPS) is 17.6. The summed E-state index contributed by atoms with van der Waals surface area (Å²) in [5.74, 6) is 3.91. The molecule has 2 fully saturated rings. The van der Waals surface area contributed by atoms with Crippen molar-refractivity contribution in [1.82, 2.24) is 19.6 Å². The van der Waals surface area contributed by atoms with E-state index in [1.54, 1.807) is 15.9 Å². The van der Waals surface area contributed by atoms with Crippen LogP contribution in [-0.2, 0) is 32.5 Å². The van der Waals surface area contributed by atoms with Gasteiger partial charge in [0.1, 0.15) is 23.9 Å². The number of ether oxygens (including phenoxy) is 1. The van der Waals surface area contributed by atoms with Crippen LogP contribution in [0.15, 0.2) is 35.2 Å². The number of thiazole rings is 1. The van der Waals surface area contributed by atoms with Crippen LogP contribution in [-0.4, -0.2) is 74.5 Å². The Kier molecular flexibility index (Phi) is 7.95. The van der Waals surface area contributed by atoms with Crippen LogP contribution >= 0.6 is 11.3 Å². The van der Waals surface area contributed by atoms with E-state index in [9.17, 15) is 18.0 Å². The highest BCUT2D eigenvalue weighted by atomic mass is 32.2. The first kappa shape index (κ1) is 29.3. The first-order chi connectivity index (χ1) is 20.7. The van der Waals surface area contributed by atoms with E-state index in [-0.39, 0.29) is 34.9 Å². The van der Waals surface area contributed by atoms with Gasteiger partial charge in [-0.15, -0.1) is 17.8 Å². The zero-order valence-corrected chi connectivity index (χ0v) is 25.6. The largest absolute Gasteiger partial charge is 0.370 e. The van der Waals surface area contributed by atoms with Gasteiger partial charge in [0.2, 0.25) is 10.0 Å². The molecule has 13 heteroatoms. The standard InChI is InChI=1S/C30H32N6O5S2/c1-4-22-29(42-26(33-22)10-11-32-24-6-5-7-25(34-24)35-12-13-41-17-27(35)37)20-14-21-16-36(18(2)19-8-9-19)30(38)28(21)23(15-20)43(39,40)31-3/h1,5-7,14-15,18-19,31H,8-13,16-17H2,2-3H3,(H,32,34)/t18-/m0/s1. The number of carbonyl (C=O) groups excluding carboxylic acids is 2. The number of rotatable bonds is 10. The quantitative estimate of drug-likeness (QED) is 0.331. The Hall–Kier alpha value is -3.83. The van der Waals surface area contributed by atoms with Gasteiger partial charge in [0, 0.05) is 25.6 Å². The Bertz CT molecular complexity index is 1740. The van der Waals surface area contributed by atoms with Crippen molar-refractivity contribution in [2.75, 3.05) is 43.6 Å². The molecule has 0 bridgehead atoms. The van der Waals surface area contributed by atoms with E-state index < -0.39 is 10.0 Å². The molecule has 0 radical (unpaired) electrons. The number of hydrogen-bond donors (Lipinski definition) is 2. The monoisotopic (exact) mass is 620 g/mol. The summed E-state index contributed by atoms with van der Waals surface area (Å²) in [6.45, 7) is 3.87. The van der Waals surface area contributed by atoms with Gasteiger partial charge in [-0.1, -0.05) is 6.07 Å². The van der Waals surface area contributed by atoms with E-state index >= 15 is 0 Å². The summed E-state index contributed by atoms with van der Waals surface area (Å²) in [6, 6.07) is 8.92. The van der Waals surface area contributed by atoms with Crippen LogP contribution in [0.4, 0.5) is 11.6 Å². The van der Waals surface area contributed by atoms with E-state index in [1.165, 1.54) is 24.5 Å². The van der Waals surface area contributed by atoms with Crippen molar-refractivity contribution >= 4 is 44.8 Å². The SMILES string of the molecule is C#Cc1nc(CCNc2cccc(N3CCOCC3=O)n2)sc1-c1cc2c(c(S(=O)(=O)NC)c1)C(=O)N([C@@H](C)C1CC1)C2. The minimum atomic E-state index is -3.93. The van der Waals surface area contributed by atoms with Crippen LogP contribution in [0, 0.1) is 18.3 Å². The zero-order valence-electron chi connectivity index (χ0n) is 23.9. The molecule has 2 aromatic heterocycles. The summed E-state index contributed by atoms with van der Waals surface area (Å²) in [7, 11) is -2.59. The number of nitrogens with one attached hydrogen (secondary N) is 2. The topological polar surface area (TPSA) is 134 Å². The molecule has 3 aliphatic rings. The summed E-state index contributed by atoms with van der Waals surface area (Å²) in [4.78, 5) is 38.9. The second kappa shape index (κ2) is 11.7. The predicted molar refractivity (Wildman–Crippen MR) is 163 cm³/mol. The van der Waals surface area contributed by atoms with E-state index in [2.05, 4.69) is 25.9 Å². The van der Waals surface area contributed by atoms with Crippen LogP contribution in [0.5, 0.6) is 0 Å². The van der Waals surface area contributed by atoms with Gasteiger partial charge in [0.15, 0.2) is 0 Å². The Morgan fingerprint density at radius 2 is 2.05 bits per heavy atom. The number of amides is 2. The minimum absolute atomic E-state index is 0.0395. The summed E-state index contributed by atoms with van der Waals surface area (Å²) in [6.07, 6.45) is 8.54. The molecule has 1 saturated heterocycles. The molecular weight excluding hydrogens is 589 g/mol. The third-order valence-electron chi connectivity index (χ3n) is 8.07. The van der Waals surface area contributed by atoms with Gasteiger partial charge >= 0.3 is 0 Å². The molecule has 6 rings (SSSR count). The summed E-state index contributed by atoms with van der Waals surface area (Å²) < 4.78 is 33.8. The van der Waals surface area contributed by atoms with Crippen molar-refractivity contribution in [2.45, 2.75) is 43.7 Å². The number of anilines is 2. The molecule has 1 aliphatic carbocycles. The van der Waals surface area contributed by atoms with Crippen LogP contribution < -0.4 is 14.9 Å². The molecule has 4 heterocycles. The lowest BCUT2D eigenvalue weighted by Crippen LogP contribution is -2.42. The lowest BCUT2D eigenvalue weighted by atomic mass is 10.0. The molecule has 43 heavy (non-hydrogen) atoms. The molecule has 2 amide bonds. The van der Waals surface area contributed by atoms with Crippen molar-refractivity contribution in [3.63, 3.8) is 0 Å². The zero-order chi connectivity index (χ0) is 30.3. The fraction of sp³-hybridized carbons (Fsp3) is 0.400. The van der Waals surface area contributed by atoms with E-state index in [0.29, 0.717) is 71.9 Å². The molecule has 1 atom stereocenters. The first-order valence-electron chi connectivity index (χ1n) is 14.2. The number of benzene rings is 1. The molecule has 0 unspecified atom stereocenters. The van der Waals surface area contributed by atoms with Gasteiger partial charge in [-0.3, -0.25) is 14.5 Å². The maximum atomic E-state index is 13.4. The summed E-state index contributed by atoms with van der Waals surface area (Å²) >= 11 is 1.40. The Labute approximate surface area is 254 Å². The highest BCUT2D eigenvalue weighted by molar-refractivity contribution is 7.89. The van der Waals surface area contributed by atoms with Crippen molar-refractivity contribution in [3.8, 4) is 22.8 Å². The maximum absolute atomic E-state index is 13.4. The minimum Gasteiger partial charge on any atom is -0.370 e. The lowest BCUT2D eigenvalue weighted by Gasteiger charge is -2.26. The van der Waals surface area contributed by atoms with Crippen LogP contribution in [0.25, 0.3) is 10.4 Å². The highest BCUT2D eigenvalue weighted by Crippen LogP contribution is 2.42. The van der Waals surface area contributed by atoms with Gasteiger partial charge < -0.3 is 15.0 Å². The third-order valence-corrected chi connectivity index (χ3v) is 10.7. The van der Waals surface area contributed by atoms with Crippen molar-refractivity contribution in [1.29, 1.82) is 0 Å². The molecule has 0 spiro atoms. The number of carbonyl (C=O) groups is 2. The number of nitrogens with zero attached hydrogens (tertiary/aromatic N) is 4. The van der Waals surface area contributed by atoms with Crippen LogP contribution in [0.3, 0.4) is 0 Å². The average molecular weight is 621 g/mol. The molecular formula is C30H32N6O5S2. The van der Waals surface area contributed by atoms with Crippen molar-refractivity contribution < 1.29 is 22.7 Å². The Balaban J connectivity index is 1.24. The number of morpholine rings is 1. The smallest absolute Gasteiger partial charge is 0.256 e. The fourth-order valence-corrected chi connectivity index (χ4v) is 7.55. The average Bonchev–Trinajstić information content (AvgIpc) is 3.70. The molecule has 2 aliphatic heterocycles. The Morgan fingerprint density at radius 1 is 1.23 bits per heavy atom. The second-order valence-corrected chi connectivity index (χ2v) is 13.8. The lowest BCUT2D eigenvalue weighted by molar-refractivity contribution is -0.125. The fourth-order valence-electron chi connectivity index (χ4n) is 5.55. The predicted octanol–water partition coefficient (Wildman–Crippen LogP) is 2.87.